The van der Waals surface area contributed by atoms with Crippen molar-refractivity contribution in [1.29, 1.82) is 0 Å². The molecule has 29 heavy (non-hydrogen) atoms. The molecule has 0 unspecified atom stereocenters. The van der Waals surface area contributed by atoms with Gasteiger partial charge in [0.15, 0.2) is 0 Å². The Bertz CT molecular complexity index is 874. The summed E-state index contributed by atoms with van der Waals surface area (Å²) in [6.07, 6.45) is 4.43. The van der Waals surface area contributed by atoms with Crippen molar-refractivity contribution >= 4 is 15.8 Å². The predicted octanol–water partition coefficient (Wildman–Crippen LogP) is 3.71. The first-order valence-corrected chi connectivity index (χ1v) is 12.0. The van der Waals surface area contributed by atoms with Gasteiger partial charge in [-0.25, -0.2) is 13.4 Å². The summed E-state index contributed by atoms with van der Waals surface area (Å²) in [4.78, 5) is 7.01. The molecule has 0 aliphatic carbocycles. The lowest BCUT2D eigenvalue weighted by Crippen LogP contribution is -2.35. The molecule has 0 saturated carbocycles. The first-order valence-electron chi connectivity index (χ1n) is 10.5. The van der Waals surface area contributed by atoms with E-state index in [0.29, 0.717) is 25.5 Å². The molecule has 1 aliphatic heterocycles. The lowest BCUT2D eigenvalue weighted by molar-refractivity contribution is 0.295. The summed E-state index contributed by atoms with van der Waals surface area (Å²) in [6.45, 7) is 9.17. The zero-order valence-corrected chi connectivity index (χ0v) is 18.3. The smallest absolute Gasteiger partial charge is 0.244 e. The van der Waals surface area contributed by atoms with Crippen LogP contribution in [-0.2, 0) is 23.1 Å². The van der Waals surface area contributed by atoms with E-state index in [0.717, 1.165) is 38.9 Å². The third-order valence-electron chi connectivity index (χ3n) is 5.56. The van der Waals surface area contributed by atoms with E-state index in [1.54, 1.807) is 16.4 Å². The maximum Gasteiger partial charge on any atom is 0.244 e. The van der Waals surface area contributed by atoms with Crippen molar-refractivity contribution in [2.75, 3.05) is 31.5 Å². The molecule has 1 aromatic carbocycles. The van der Waals surface area contributed by atoms with Gasteiger partial charge in [-0.1, -0.05) is 44.5 Å². The minimum absolute atomic E-state index is 0.270. The maximum absolute atomic E-state index is 12.7. The van der Waals surface area contributed by atoms with Crippen LogP contribution < -0.4 is 5.32 Å². The second-order valence-electron chi connectivity index (χ2n) is 7.43. The van der Waals surface area contributed by atoms with Gasteiger partial charge in [0.2, 0.25) is 10.0 Å². The number of sulfonamides is 1. The summed E-state index contributed by atoms with van der Waals surface area (Å²) in [5, 5.41) is 3.33. The number of piperidine rings is 1. The van der Waals surface area contributed by atoms with Gasteiger partial charge in [0.05, 0.1) is 0 Å². The van der Waals surface area contributed by atoms with E-state index in [1.165, 1.54) is 17.3 Å². The number of rotatable bonds is 9. The molecule has 1 aliphatic rings. The number of nitrogens with one attached hydrogen (secondary N) is 1. The third kappa shape index (κ3) is 5.56. The van der Waals surface area contributed by atoms with Crippen LogP contribution in [-0.4, -0.2) is 48.8 Å². The van der Waals surface area contributed by atoms with Crippen molar-refractivity contribution < 1.29 is 8.42 Å². The standard InChI is InChI=1S/C22H32N4O2S/c1-3-25(4-2)18-20-11-7-6-10-19(20)16-23-22-13-12-21(17-24-22)29(27,28)26-14-8-5-9-15-26/h6-7,10-13,17H,3-5,8-9,14-16,18H2,1-2H3,(H,23,24). The molecule has 2 aromatic rings. The average Bonchev–Trinajstić information content (AvgIpc) is 2.77. The summed E-state index contributed by atoms with van der Waals surface area (Å²) < 4.78 is 27.1. The van der Waals surface area contributed by atoms with E-state index in [2.05, 4.69) is 47.2 Å². The highest BCUT2D eigenvalue weighted by Gasteiger charge is 2.26. The van der Waals surface area contributed by atoms with Gasteiger partial charge in [-0.2, -0.15) is 4.31 Å². The Balaban J connectivity index is 1.65. The highest BCUT2D eigenvalue weighted by Crippen LogP contribution is 2.21. The quantitative estimate of drug-likeness (QED) is 0.675. The van der Waals surface area contributed by atoms with Crippen LogP contribution in [0, 0.1) is 0 Å². The fourth-order valence-electron chi connectivity index (χ4n) is 3.65. The van der Waals surface area contributed by atoms with Crippen LogP contribution in [0.25, 0.3) is 0 Å². The lowest BCUT2D eigenvalue weighted by Gasteiger charge is -2.25. The molecule has 0 spiro atoms. The molecular formula is C22H32N4O2S. The predicted molar refractivity (Wildman–Crippen MR) is 117 cm³/mol. The van der Waals surface area contributed by atoms with Gasteiger partial charge in [0, 0.05) is 32.4 Å². The van der Waals surface area contributed by atoms with Crippen molar-refractivity contribution in [2.24, 2.45) is 0 Å². The van der Waals surface area contributed by atoms with Crippen LogP contribution in [0.4, 0.5) is 5.82 Å². The Morgan fingerprint density at radius 2 is 1.69 bits per heavy atom. The van der Waals surface area contributed by atoms with Crippen LogP contribution >= 0.6 is 0 Å². The van der Waals surface area contributed by atoms with Crippen molar-refractivity contribution in [3.05, 3.63) is 53.7 Å². The van der Waals surface area contributed by atoms with Gasteiger partial charge >= 0.3 is 0 Å². The summed E-state index contributed by atoms with van der Waals surface area (Å²) in [6, 6.07) is 11.8. The molecule has 1 saturated heterocycles. The normalized spacial score (nSPS) is 15.6. The summed E-state index contributed by atoms with van der Waals surface area (Å²) in [5.41, 5.74) is 2.53. The third-order valence-corrected chi connectivity index (χ3v) is 7.44. The van der Waals surface area contributed by atoms with E-state index in [9.17, 15) is 8.42 Å². The summed E-state index contributed by atoms with van der Waals surface area (Å²) in [5.74, 6) is 0.681. The number of benzene rings is 1. The van der Waals surface area contributed by atoms with Crippen LogP contribution in [0.2, 0.25) is 0 Å². The second-order valence-corrected chi connectivity index (χ2v) is 9.37. The van der Waals surface area contributed by atoms with Gasteiger partial charge in [-0.05, 0) is 49.2 Å². The number of hydrogen-bond acceptors (Lipinski definition) is 5. The van der Waals surface area contributed by atoms with E-state index in [4.69, 9.17) is 0 Å². The van der Waals surface area contributed by atoms with Crippen molar-refractivity contribution in [3.8, 4) is 0 Å². The van der Waals surface area contributed by atoms with Gasteiger partial charge < -0.3 is 5.32 Å². The molecule has 7 heteroatoms. The molecule has 0 amide bonds. The van der Waals surface area contributed by atoms with E-state index in [-0.39, 0.29) is 4.90 Å². The minimum Gasteiger partial charge on any atom is -0.366 e. The lowest BCUT2D eigenvalue weighted by atomic mass is 10.1. The largest absolute Gasteiger partial charge is 0.366 e. The fourth-order valence-corrected chi connectivity index (χ4v) is 5.11. The minimum atomic E-state index is -3.43. The van der Waals surface area contributed by atoms with E-state index < -0.39 is 10.0 Å². The van der Waals surface area contributed by atoms with Gasteiger partial charge in [0.1, 0.15) is 10.7 Å². The Morgan fingerprint density at radius 1 is 1.00 bits per heavy atom. The van der Waals surface area contributed by atoms with Crippen LogP contribution in [0.1, 0.15) is 44.2 Å². The molecule has 158 valence electrons. The van der Waals surface area contributed by atoms with Crippen molar-refractivity contribution in [1.82, 2.24) is 14.2 Å². The topological polar surface area (TPSA) is 65.5 Å². The number of aromatic nitrogens is 1. The van der Waals surface area contributed by atoms with Crippen LogP contribution in [0.5, 0.6) is 0 Å². The first-order chi connectivity index (χ1) is 14.0. The van der Waals surface area contributed by atoms with E-state index >= 15 is 0 Å². The Morgan fingerprint density at radius 3 is 2.31 bits per heavy atom. The summed E-state index contributed by atoms with van der Waals surface area (Å²) >= 11 is 0. The molecular weight excluding hydrogens is 384 g/mol. The van der Waals surface area contributed by atoms with Crippen LogP contribution in [0.15, 0.2) is 47.5 Å². The number of pyridine rings is 1. The number of hydrogen-bond donors (Lipinski definition) is 1. The molecule has 1 fully saturated rings. The molecule has 2 heterocycles. The molecule has 0 bridgehead atoms. The molecule has 0 atom stereocenters. The highest BCUT2D eigenvalue weighted by atomic mass is 32.2. The fraction of sp³-hybridized carbons (Fsp3) is 0.500. The van der Waals surface area contributed by atoms with Gasteiger partial charge in [0.25, 0.3) is 0 Å². The molecule has 0 radical (unpaired) electrons. The first kappa shape index (κ1) is 21.7. The van der Waals surface area contributed by atoms with Crippen molar-refractivity contribution in [2.45, 2.75) is 51.1 Å². The van der Waals surface area contributed by atoms with E-state index in [1.807, 2.05) is 6.07 Å². The summed E-state index contributed by atoms with van der Waals surface area (Å²) in [7, 11) is -3.43. The number of nitrogens with zero attached hydrogens (tertiary/aromatic N) is 3. The molecule has 3 rings (SSSR count). The Hall–Kier alpha value is -1.96. The molecule has 1 N–H and O–H groups in total. The second kappa shape index (κ2) is 10.2. The zero-order chi connectivity index (χ0) is 20.7. The van der Waals surface area contributed by atoms with Crippen LogP contribution in [0.3, 0.4) is 0 Å². The van der Waals surface area contributed by atoms with Gasteiger partial charge in [-0.3, -0.25) is 4.90 Å². The number of anilines is 1. The Kier molecular flexibility index (Phi) is 7.64. The highest BCUT2D eigenvalue weighted by molar-refractivity contribution is 7.89. The average molecular weight is 417 g/mol. The zero-order valence-electron chi connectivity index (χ0n) is 17.5. The SMILES string of the molecule is CCN(CC)Cc1ccccc1CNc1ccc(S(=O)(=O)N2CCCCC2)cn1. The Labute approximate surface area is 175 Å². The molecule has 6 nitrogen and oxygen atoms in total. The monoisotopic (exact) mass is 416 g/mol. The maximum atomic E-state index is 12.7. The molecule has 1 aromatic heterocycles. The van der Waals surface area contributed by atoms with Crippen molar-refractivity contribution in [3.63, 3.8) is 0 Å². The van der Waals surface area contributed by atoms with Gasteiger partial charge in [-0.15, -0.1) is 0 Å².